The van der Waals surface area contributed by atoms with E-state index in [1.165, 1.54) is 0 Å². The molecule has 14 rings (SSSR count). The first-order valence-electron chi connectivity index (χ1n) is 28.2. The summed E-state index contributed by atoms with van der Waals surface area (Å²) >= 11 is 7.18. The molecule has 0 atom stereocenters. The molecule has 0 amide bonds. The first kappa shape index (κ1) is 57.2. The number of halogens is 2. The fourth-order valence-electron chi connectivity index (χ4n) is 10.9. The number of benzene rings is 6. The highest BCUT2D eigenvalue weighted by atomic mass is 79.9. The zero-order valence-electron chi connectivity index (χ0n) is 49.7. The predicted octanol–water partition coefficient (Wildman–Crippen LogP) is 13.2. The van der Waals surface area contributed by atoms with E-state index in [1.807, 2.05) is 73.6 Å². The van der Waals surface area contributed by atoms with Gasteiger partial charge in [0.15, 0.2) is 0 Å². The van der Waals surface area contributed by atoms with E-state index in [4.69, 9.17) is 47.2 Å². The summed E-state index contributed by atoms with van der Waals surface area (Å²) < 4.78 is 60.8. The average molecular weight is 1230 g/mol. The van der Waals surface area contributed by atoms with Gasteiger partial charge in [0.25, 0.3) is 0 Å². The molecular weight excluding hydrogens is 1160 g/mol. The van der Waals surface area contributed by atoms with Gasteiger partial charge in [-0.1, -0.05) is 86.5 Å². The molecule has 0 unspecified atom stereocenters. The van der Waals surface area contributed by atoms with Crippen molar-refractivity contribution in [2.75, 3.05) is 0 Å². The summed E-state index contributed by atoms with van der Waals surface area (Å²) in [5.74, 6) is 1.76. The number of aromatic nitrogens is 6. The van der Waals surface area contributed by atoms with Crippen molar-refractivity contribution < 1.29 is 37.2 Å². The number of imidazole rings is 4. The predicted molar refractivity (Wildman–Crippen MR) is 338 cm³/mol. The van der Waals surface area contributed by atoms with Crippen molar-refractivity contribution in [3.05, 3.63) is 142 Å². The smallest absolute Gasteiger partial charge is 0.405 e. The van der Waals surface area contributed by atoms with Gasteiger partial charge in [0.05, 0.1) is 94.6 Å². The van der Waals surface area contributed by atoms with Crippen LogP contribution in [-0.2, 0) is 37.2 Å². The second-order valence-electron chi connectivity index (χ2n) is 26.0. The first-order chi connectivity index (χ1) is 38.4. The van der Waals surface area contributed by atoms with E-state index >= 15 is 0 Å². The van der Waals surface area contributed by atoms with Crippen molar-refractivity contribution in [1.82, 2.24) is 27.9 Å². The quantitative estimate of drug-likeness (QED) is 0.154. The SMILES string of the molecule is Brc1cc(Br)cc(-n2c3ccccc3n3c4ccccc4nc23)c1.CC1(C)OB(B2OC(C)(C)C(C)(C)O2)OC1(C)C.CC1(C)OB(c2cc(B3OC(C)(C)C(C)(C)O3)cc(-n3c4ccccc4n4c5ccccc5nc34)c2)OC1(C)C. The molecule has 4 saturated heterocycles. The molecule has 6 aromatic carbocycles. The van der Waals surface area contributed by atoms with Crippen LogP contribution in [0.25, 0.3) is 67.1 Å². The fourth-order valence-corrected chi connectivity index (χ4v) is 12.2. The number of nitrogens with zero attached hydrogens (tertiary/aromatic N) is 6. The Bertz CT molecular complexity index is 3970. The van der Waals surface area contributed by atoms with E-state index in [-0.39, 0.29) is 22.4 Å². The van der Waals surface area contributed by atoms with Gasteiger partial charge in [0.1, 0.15) is 0 Å². The maximum Gasteiger partial charge on any atom is 0.494 e. The lowest BCUT2D eigenvalue weighted by Gasteiger charge is -2.32. The van der Waals surface area contributed by atoms with Crippen LogP contribution in [0.4, 0.5) is 0 Å². The van der Waals surface area contributed by atoms with Gasteiger partial charge < -0.3 is 37.2 Å². The van der Waals surface area contributed by atoms with Crippen LogP contribution in [0.1, 0.15) is 111 Å². The van der Waals surface area contributed by atoms with Crippen LogP contribution in [-0.4, -0.2) is 101 Å². The number of para-hydroxylation sites is 8. The Kier molecular flexibility index (Phi) is 13.7. The zero-order valence-corrected chi connectivity index (χ0v) is 52.9. The van der Waals surface area contributed by atoms with E-state index in [0.717, 1.165) is 86.9 Å². The van der Waals surface area contributed by atoms with Crippen molar-refractivity contribution in [1.29, 1.82) is 0 Å². The van der Waals surface area contributed by atoms with Crippen molar-refractivity contribution in [3.8, 4) is 11.4 Å². The fraction of sp³-hybridized carbons (Fsp3) is 0.387. The highest BCUT2D eigenvalue weighted by Gasteiger charge is 2.64. The lowest BCUT2D eigenvalue weighted by molar-refractivity contribution is 0.00578. The Morgan fingerprint density at radius 2 is 0.610 bits per heavy atom. The number of fused-ring (bicyclic) bond motifs is 10. The van der Waals surface area contributed by atoms with Crippen LogP contribution in [0.5, 0.6) is 0 Å². The molecule has 422 valence electrons. The summed E-state index contributed by atoms with van der Waals surface area (Å²) in [5, 5.41) is 0. The van der Waals surface area contributed by atoms with Gasteiger partial charge in [-0.2, -0.15) is 0 Å². The third kappa shape index (κ3) is 9.51. The Morgan fingerprint density at radius 1 is 0.329 bits per heavy atom. The molecule has 0 saturated carbocycles. The average Bonchev–Trinajstić information content (AvgIpc) is 4.44. The van der Waals surface area contributed by atoms with E-state index in [2.05, 4.69) is 220 Å². The van der Waals surface area contributed by atoms with Crippen molar-refractivity contribution in [3.63, 3.8) is 0 Å². The Balaban J connectivity index is 0.000000134. The largest absolute Gasteiger partial charge is 0.494 e. The van der Waals surface area contributed by atoms with Gasteiger partial charge in [-0.15, -0.1) is 0 Å². The van der Waals surface area contributed by atoms with Gasteiger partial charge >= 0.3 is 28.3 Å². The van der Waals surface area contributed by atoms with Gasteiger partial charge in [-0.25, -0.2) is 9.97 Å². The van der Waals surface area contributed by atoms with Gasteiger partial charge in [-0.05, 0) is 201 Å². The Morgan fingerprint density at radius 3 is 0.951 bits per heavy atom. The van der Waals surface area contributed by atoms with Crippen molar-refractivity contribution in [2.24, 2.45) is 0 Å². The van der Waals surface area contributed by atoms with Crippen LogP contribution < -0.4 is 10.9 Å². The zero-order chi connectivity index (χ0) is 58.5. The van der Waals surface area contributed by atoms with E-state index in [0.29, 0.717) is 0 Å². The summed E-state index contributed by atoms with van der Waals surface area (Å²) in [4.78, 5) is 9.96. The van der Waals surface area contributed by atoms with Crippen LogP contribution in [0, 0.1) is 0 Å². The molecule has 0 aliphatic carbocycles. The minimum atomic E-state index is -0.539. The molecule has 4 aliphatic heterocycles. The van der Waals surface area contributed by atoms with E-state index in [9.17, 15) is 0 Å². The third-order valence-corrected chi connectivity index (χ3v) is 19.3. The highest BCUT2D eigenvalue weighted by Crippen LogP contribution is 2.44. The van der Waals surface area contributed by atoms with Gasteiger partial charge in [0.2, 0.25) is 11.6 Å². The number of rotatable bonds is 5. The maximum atomic E-state index is 6.51. The van der Waals surface area contributed by atoms with Crippen molar-refractivity contribution in [2.45, 2.75) is 156 Å². The molecule has 0 spiro atoms. The maximum absolute atomic E-state index is 6.51. The molecular formula is C62H70B4Br2N6O8. The second kappa shape index (κ2) is 19.7. The Hall–Kier alpha value is -5.24. The Labute approximate surface area is 498 Å². The van der Waals surface area contributed by atoms with E-state index < -0.39 is 50.7 Å². The molecule has 20 heteroatoms. The minimum absolute atomic E-state index is 0.360. The standard InChI is InChI=1S/C31H35B2N3O4.C19H11Br2N3.C12H24B2O4/c1-28(2)29(3,4)38-32(37-28)20-17-21(33-39-30(5,6)31(7,8)40-33)19-22(18-20)35-25-15-11-12-16-26(25)36-24-14-10-9-13-23(24)34-27(35)36;20-12-9-13(21)11-14(10-12)23-17-7-3-4-8-18(17)24-16-6-2-1-5-15(16)22-19(23)24;1-9(2)10(3,4)16-13(15-9)14-17-11(5,6)12(7,8)18-14/h9-19H,1-8H3;1-11H;1-8H3. The molecule has 4 aliphatic rings. The second-order valence-corrected chi connectivity index (χ2v) is 27.9. The van der Waals surface area contributed by atoms with Crippen LogP contribution in [0.3, 0.4) is 0 Å². The molecule has 4 aromatic heterocycles. The summed E-state index contributed by atoms with van der Waals surface area (Å²) in [6.45, 7) is 32.8. The third-order valence-electron chi connectivity index (χ3n) is 18.4. The molecule has 0 radical (unpaired) electrons. The first-order valence-corrected chi connectivity index (χ1v) is 29.7. The molecule has 14 nitrogen and oxygen atoms in total. The van der Waals surface area contributed by atoms with Gasteiger partial charge in [0, 0.05) is 14.6 Å². The number of hydrogen-bond donors (Lipinski definition) is 0. The molecule has 10 aromatic rings. The molecule has 8 heterocycles. The number of hydrogen-bond acceptors (Lipinski definition) is 10. The molecule has 0 N–H and O–H groups in total. The lowest BCUT2D eigenvalue weighted by atomic mass is 9.49. The lowest BCUT2D eigenvalue weighted by Crippen LogP contribution is -2.41. The molecule has 4 fully saturated rings. The summed E-state index contributed by atoms with van der Waals surface area (Å²) in [6, 6.07) is 45.9. The monoisotopic (exact) mass is 1230 g/mol. The minimum Gasteiger partial charge on any atom is -0.405 e. The van der Waals surface area contributed by atoms with Crippen molar-refractivity contribution >= 4 is 127 Å². The van der Waals surface area contributed by atoms with E-state index in [1.54, 1.807) is 0 Å². The molecule has 0 bridgehead atoms. The summed E-state index contributed by atoms with van der Waals surface area (Å²) in [6.07, 6.45) is 0. The summed E-state index contributed by atoms with van der Waals surface area (Å²) in [7, 11) is -2.03. The van der Waals surface area contributed by atoms with Crippen LogP contribution >= 0.6 is 31.9 Å². The topological polar surface area (TPSA) is 118 Å². The van der Waals surface area contributed by atoms with Crippen LogP contribution in [0.2, 0.25) is 0 Å². The van der Waals surface area contributed by atoms with Crippen LogP contribution in [0.15, 0.2) is 142 Å². The normalized spacial score (nSPS) is 20.9. The highest BCUT2D eigenvalue weighted by molar-refractivity contribution is 9.11. The van der Waals surface area contributed by atoms with Gasteiger partial charge in [-0.3, -0.25) is 17.9 Å². The summed E-state index contributed by atoms with van der Waals surface area (Å²) in [5.41, 5.74) is 9.10. The molecule has 82 heavy (non-hydrogen) atoms.